The van der Waals surface area contributed by atoms with Crippen molar-refractivity contribution in [3.8, 4) is 0 Å². The van der Waals surface area contributed by atoms with Gasteiger partial charge in [0, 0.05) is 11.8 Å². The van der Waals surface area contributed by atoms with E-state index in [4.69, 9.17) is 0 Å². The van der Waals surface area contributed by atoms with Crippen LogP contribution in [-0.4, -0.2) is 39.0 Å². The van der Waals surface area contributed by atoms with E-state index in [-0.39, 0.29) is 9.88 Å². The summed E-state index contributed by atoms with van der Waals surface area (Å²) in [5.74, 6) is -0.682. The van der Waals surface area contributed by atoms with Crippen LogP contribution in [0, 0.1) is 10.1 Å². The molecule has 0 aromatic carbocycles. The van der Waals surface area contributed by atoms with Crippen molar-refractivity contribution in [1.29, 1.82) is 0 Å². The molecule has 1 aliphatic rings. The van der Waals surface area contributed by atoms with E-state index in [9.17, 15) is 24.8 Å². The van der Waals surface area contributed by atoms with Crippen molar-refractivity contribution in [2.24, 2.45) is 0 Å². The predicted molar refractivity (Wildman–Crippen MR) is 70.7 cm³/mol. The minimum Gasteiger partial charge on any atom is -0.479 e. The van der Waals surface area contributed by atoms with Crippen LogP contribution >= 0.6 is 23.1 Å². The summed E-state index contributed by atoms with van der Waals surface area (Å²) in [6, 6.07) is 2.56. The number of nitrogens with one attached hydrogen (secondary N) is 1. The SMILES string of the molecule is O=C(NC1(C(=O)O)CCSC1)c1ccc([N+](=O)[O-])s1. The molecule has 0 saturated carbocycles. The lowest BCUT2D eigenvalue weighted by Gasteiger charge is -2.24. The molecule has 1 aromatic heterocycles. The van der Waals surface area contributed by atoms with E-state index in [1.807, 2.05) is 0 Å². The van der Waals surface area contributed by atoms with Gasteiger partial charge in [-0.3, -0.25) is 14.9 Å². The van der Waals surface area contributed by atoms with Crippen molar-refractivity contribution in [2.75, 3.05) is 11.5 Å². The van der Waals surface area contributed by atoms with E-state index in [0.717, 1.165) is 11.3 Å². The maximum Gasteiger partial charge on any atom is 0.330 e. The Morgan fingerprint density at radius 3 is 2.68 bits per heavy atom. The third-order valence-electron chi connectivity index (χ3n) is 2.78. The number of carbonyl (C=O) groups excluding carboxylic acids is 1. The Morgan fingerprint density at radius 2 is 2.21 bits per heavy atom. The largest absolute Gasteiger partial charge is 0.479 e. The molecule has 1 saturated heterocycles. The molecular weight excluding hydrogens is 292 g/mol. The first-order chi connectivity index (χ1) is 8.94. The number of thioether (sulfide) groups is 1. The predicted octanol–water partition coefficient (Wildman–Crippen LogP) is 1.35. The van der Waals surface area contributed by atoms with Gasteiger partial charge in [0.2, 0.25) is 0 Å². The molecule has 9 heteroatoms. The van der Waals surface area contributed by atoms with Crippen molar-refractivity contribution >= 4 is 40.0 Å². The summed E-state index contributed by atoms with van der Waals surface area (Å²) < 4.78 is 0. The monoisotopic (exact) mass is 302 g/mol. The highest BCUT2D eigenvalue weighted by Crippen LogP contribution is 2.30. The fourth-order valence-corrected chi connectivity index (χ4v) is 3.75. The summed E-state index contributed by atoms with van der Waals surface area (Å²) in [5.41, 5.74) is -1.26. The molecule has 2 heterocycles. The van der Waals surface area contributed by atoms with Crippen LogP contribution in [0.2, 0.25) is 0 Å². The number of hydrogen-bond acceptors (Lipinski definition) is 6. The number of rotatable bonds is 4. The number of aliphatic carboxylic acids is 1. The number of thiophene rings is 1. The van der Waals surface area contributed by atoms with E-state index in [0.29, 0.717) is 17.9 Å². The summed E-state index contributed by atoms with van der Waals surface area (Å²) >= 11 is 2.19. The maximum absolute atomic E-state index is 12.0. The van der Waals surface area contributed by atoms with Gasteiger partial charge >= 0.3 is 11.0 Å². The number of nitro groups is 1. The smallest absolute Gasteiger partial charge is 0.330 e. The van der Waals surface area contributed by atoms with Gasteiger partial charge in [-0.2, -0.15) is 11.8 Å². The number of amides is 1. The van der Waals surface area contributed by atoms with Gasteiger partial charge in [0.25, 0.3) is 5.91 Å². The third-order valence-corrected chi connectivity index (χ3v) is 5.00. The first-order valence-corrected chi connectivity index (χ1v) is 7.30. The summed E-state index contributed by atoms with van der Waals surface area (Å²) in [5, 5.41) is 22.1. The van der Waals surface area contributed by atoms with Crippen molar-refractivity contribution in [2.45, 2.75) is 12.0 Å². The second kappa shape index (κ2) is 5.17. The fourth-order valence-electron chi connectivity index (χ4n) is 1.71. The van der Waals surface area contributed by atoms with Gasteiger partial charge in [0.15, 0.2) is 0 Å². The average Bonchev–Trinajstić information content (AvgIpc) is 2.97. The van der Waals surface area contributed by atoms with E-state index in [2.05, 4.69) is 5.32 Å². The lowest BCUT2D eigenvalue weighted by molar-refractivity contribution is -0.380. The first-order valence-electron chi connectivity index (χ1n) is 5.32. The lowest BCUT2D eigenvalue weighted by atomic mass is 9.99. The van der Waals surface area contributed by atoms with Gasteiger partial charge < -0.3 is 10.4 Å². The summed E-state index contributed by atoms with van der Waals surface area (Å²) in [7, 11) is 0. The second-order valence-corrected chi connectivity index (χ2v) is 6.21. The zero-order valence-corrected chi connectivity index (χ0v) is 11.3. The minimum absolute atomic E-state index is 0.143. The average molecular weight is 302 g/mol. The van der Waals surface area contributed by atoms with E-state index in [1.165, 1.54) is 23.9 Å². The van der Waals surface area contributed by atoms with Crippen LogP contribution in [0.4, 0.5) is 5.00 Å². The van der Waals surface area contributed by atoms with Gasteiger partial charge in [-0.25, -0.2) is 4.79 Å². The zero-order valence-electron chi connectivity index (χ0n) is 9.62. The van der Waals surface area contributed by atoms with Crippen LogP contribution in [0.3, 0.4) is 0 Å². The van der Waals surface area contributed by atoms with Crippen LogP contribution in [-0.2, 0) is 4.79 Å². The molecule has 1 unspecified atom stereocenters. The van der Waals surface area contributed by atoms with Crippen LogP contribution in [0.1, 0.15) is 16.1 Å². The third kappa shape index (κ3) is 2.71. The van der Waals surface area contributed by atoms with Crippen molar-refractivity contribution in [1.82, 2.24) is 5.32 Å². The molecule has 1 aliphatic heterocycles. The van der Waals surface area contributed by atoms with Gasteiger partial charge in [-0.15, -0.1) is 0 Å². The molecule has 0 aliphatic carbocycles. The summed E-state index contributed by atoms with van der Waals surface area (Å²) in [4.78, 5) is 33.3. The highest BCUT2D eigenvalue weighted by molar-refractivity contribution is 7.99. The van der Waals surface area contributed by atoms with Gasteiger partial charge in [-0.05, 0) is 18.2 Å². The number of carbonyl (C=O) groups is 2. The Morgan fingerprint density at radius 1 is 1.47 bits per heavy atom. The zero-order chi connectivity index (χ0) is 14.0. The standard InChI is InChI=1S/C10H10N2O5S2/c13-8(6-1-2-7(19-6)12(16)17)11-10(9(14)15)3-4-18-5-10/h1-2H,3-5H2,(H,11,13)(H,14,15). The van der Waals surface area contributed by atoms with Crippen LogP contribution in [0.15, 0.2) is 12.1 Å². The van der Waals surface area contributed by atoms with Crippen LogP contribution in [0.5, 0.6) is 0 Å². The molecule has 2 rings (SSSR count). The topological polar surface area (TPSA) is 110 Å². The van der Waals surface area contributed by atoms with E-state index in [1.54, 1.807) is 0 Å². The molecule has 1 atom stereocenters. The second-order valence-electron chi connectivity index (χ2n) is 4.04. The Balaban J connectivity index is 2.15. The quantitative estimate of drug-likeness (QED) is 0.641. The maximum atomic E-state index is 12.0. The van der Waals surface area contributed by atoms with Gasteiger partial charge in [-0.1, -0.05) is 11.3 Å². The Bertz CT molecular complexity index is 536. The number of hydrogen-bond donors (Lipinski definition) is 2. The van der Waals surface area contributed by atoms with Crippen molar-refractivity contribution < 1.29 is 19.6 Å². The number of carboxylic acids is 1. The van der Waals surface area contributed by atoms with Crippen LogP contribution < -0.4 is 5.32 Å². The molecule has 1 aromatic rings. The molecule has 0 radical (unpaired) electrons. The molecule has 0 bridgehead atoms. The first kappa shape index (κ1) is 13.8. The van der Waals surface area contributed by atoms with Crippen molar-refractivity contribution in [3.05, 3.63) is 27.1 Å². The molecule has 102 valence electrons. The van der Waals surface area contributed by atoms with Gasteiger partial charge in [0.05, 0.1) is 9.80 Å². The molecular formula is C10H10N2O5S2. The normalized spacial score (nSPS) is 22.1. The summed E-state index contributed by atoms with van der Waals surface area (Å²) in [6.45, 7) is 0. The van der Waals surface area contributed by atoms with Crippen LogP contribution in [0.25, 0.3) is 0 Å². The minimum atomic E-state index is -1.26. The molecule has 2 N–H and O–H groups in total. The van der Waals surface area contributed by atoms with E-state index < -0.39 is 22.3 Å². The number of carboxylic acid groups (broad SMARTS) is 1. The molecule has 1 amide bonds. The fraction of sp³-hybridized carbons (Fsp3) is 0.400. The Labute approximate surface area is 116 Å². The van der Waals surface area contributed by atoms with E-state index >= 15 is 0 Å². The Hall–Kier alpha value is -1.61. The van der Waals surface area contributed by atoms with Gasteiger partial charge in [0.1, 0.15) is 5.54 Å². The highest BCUT2D eigenvalue weighted by Gasteiger charge is 2.43. The lowest BCUT2D eigenvalue weighted by Crippen LogP contribution is -2.54. The summed E-state index contributed by atoms with van der Waals surface area (Å²) in [6.07, 6.45) is 0.353. The molecule has 0 spiro atoms. The molecule has 7 nitrogen and oxygen atoms in total. The Kier molecular flexibility index (Phi) is 3.76. The molecule has 1 fully saturated rings. The molecule has 19 heavy (non-hydrogen) atoms. The number of nitrogens with zero attached hydrogens (tertiary/aromatic N) is 1. The van der Waals surface area contributed by atoms with Crippen molar-refractivity contribution in [3.63, 3.8) is 0 Å². The highest BCUT2D eigenvalue weighted by atomic mass is 32.2.